The maximum absolute atomic E-state index is 13.2. The minimum absolute atomic E-state index is 0.0922. The van der Waals surface area contributed by atoms with Crippen molar-refractivity contribution in [1.82, 2.24) is 20.5 Å². The topological polar surface area (TPSA) is 66.5 Å². The second-order valence-corrected chi connectivity index (χ2v) is 10.3. The molecule has 1 amide bonds. The number of pyridine rings is 1. The third kappa shape index (κ3) is 7.54. The molecule has 2 aliphatic rings. The van der Waals surface area contributed by atoms with Crippen LogP contribution in [0.3, 0.4) is 0 Å². The van der Waals surface area contributed by atoms with Crippen LogP contribution in [0.25, 0.3) is 0 Å². The van der Waals surface area contributed by atoms with Gasteiger partial charge in [0.1, 0.15) is 5.75 Å². The molecule has 0 radical (unpaired) electrons. The molecule has 1 aromatic heterocycles. The van der Waals surface area contributed by atoms with Crippen LogP contribution < -0.4 is 15.4 Å². The summed E-state index contributed by atoms with van der Waals surface area (Å²) in [4.78, 5) is 20.3. The first kappa shape index (κ1) is 27.1. The highest BCUT2D eigenvalue weighted by Gasteiger charge is 2.27. The van der Waals surface area contributed by atoms with E-state index in [0.29, 0.717) is 18.7 Å². The Labute approximate surface area is 226 Å². The fraction of sp³-hybridized carbons (Fsp3) is 0.500. The number of piperidine rings is 1. The maximum Gasteiger partial charge on any atom is 0.253 e. The van der Waals surface area contributed by atoms with E-state index in [1.807, 2.05) is 50.2 Å². The van der Waals surface area contributed by atoms with E-state index >= 15 is 0 Å². The van der Waals surface area contributed by atoms with E-state index in [0.717, 1.165) is 66.7 Å². The Kier molecular flexibility index (Phi) is 9.94. The molecule has 1 saturated heterocycles. The Bertz CT molecular complexity index is 1110. The highest BCUT2D eigenvalue weighted by molar-refractivity contribution is 7.80. The Morgan fingerprint density at radius 2 is 1.95 bits per heavy atom. The summed E-state index contributed by atoms with van der Waals surface area (Å²) in [6.45, 7) is 7.60. The third-order valence-electron chi connectivity index (χ3n) is 7.30. The van der Waals surface area contributed by atoms with Crippen molar-refractivity contribution in [3.8, 4) is 5.75 Å². The van der Waals surface area contributed by atoms with Crippen molar-refractivity contribution in [3.05, 3.63) is 70.6 Å². The SMILES string of the molecule is CCOc1ccccc1CNC(=O)c1ccc(C)nc1C1CCN(C(=S)NCCC2=CCCCC2)CC1. The van der Waals surface area contributed by atoms with Crippen LogP contribution in [0.4, 0.5) is 0 Å². The number of aryl methyl sites for hydroxylation is 1. The van der Waals surface area contributed by atoms with Gasteiger partial charge in [-0.3, -0.25) is 9.78 Å². The van der Waals surface area contributed by atoms with Crippen molar-refractivity contribution in [2.45, 2.75) is 71.3 Å². The van der Waals surface area contributed by atoms with Gasteiger partial charge in [-0.2, -0.15) is 0 Å². The first-order valence-corrected chi connectivity index (χ1v) is 14.1. The van der Waals surface area contributed by atoms with Crippen LogP contribution in [0, 0.1) is 6.92 Å². The van der Waals surface area contributed by atoms with Gasteiger partial charge in [-0.1, -0.05) is 29.8 Å². The number of nitrogens with one attached hydrogen (secondary N) is 2. The van der Waals surface area contributed by atoms with Gasteiger partial charge in [-0.05, 0) is 89.2 Å². The van der Waals surface area contributed by atoms with Gasteiger partial charge in [0, 0.05) is 43.4 Å². The summed E-state index contributed by atoms with van der Waals surface area (Å²) < 4.78 is 5.71. The van der Waals surface area contributed by atoms with E-state index in [2.05, 4.69) is 21.6 Å². The van der Waals surface area contributed by atoms with Gasteiger partial charge in [0.15, 0.2) is 5.11 Å². The highest BCUT2D eigenvalue weighted by Crippen LogP contribution is 2.30. The zero-order valence-electron chi connectivity index (χ0n) is 22.2. The molecular formula is C30H40N4O2S. The molecule has 0 saturated carbocycles. The molecule has 0 bridgehead atoms. The summed E-state index contributed by atoms with van der Waals surface area (Å²) in [6.07, 6.45) is 10.4. The molecule has 0 spiro atoms. The molecule has 1 aliphatic carbocycles. The molecule has 198 valence electrons. The third-order valence-corrected chi connectivity index (χ3v) is 7.70. The number of nitrogens with zero attached hydrogens (tertiary/aromatic N) is 2. The Hall–Kier alpha value is -2.93. The molecule has 0 unspecified atom stereocenters. The van der Waals surface area contributed by atoms with Gasteiger partial charge in [-0.15, -0.1) is 0 Å². The van der Waals surface area contributed by atoms with Crippen LogP contribution in [-0.4, -0.2) is 47.1 Å². The lowest BCUT2D eigenvalue weighted by Gasteiger charge is -2.34. The summed E-state index contributed by atoms with van der Waals surface area (Å²) >= 11 is 5.70. The second-order valence-electron chi connectivity index (χ2n) is 9.96. The minimum atomic E-state index is -0.0922. The zero-order valence-corrected chi connectivity index (χ0v) is 23.0. The summed E-state index contributed by atoms with van der Waals surface area (Å²) in [5.41, 5.74) is 5.04. The van der Waals surface area contributed by atoms with Gasteiger partial charge in [-0.25, -0.2) is 0 Å². The lowest BCUT2D eigenvalue weighted by molar-refractivity contribution is 0.0948. The number of benzene rings is 1. The van der Waals surface area contributed by atoms with E-state index < -0.39 is 0 Å². The van der Waals surface area contributed by atoms with Crippen LogP contribution in [-0.2, 0) is 6.54 Å². The molecule has 1 fully saturated rings. The number of carbonyl (C=O) groups excluding carboxylic acids is 1. The Balaban J connectivity index is 1.32. The average molecular weight is 521 g/mol. The van der Waals surface area contributed by atoms with Crippen molar-refractivity contribution in [2.75, 3.05) is 26.2 Å². The van der Waals surface area contributed by atoms with Crippen molar-refractivity contribution in [2.24, 2.45) is 0 Å². The molecule has 6 nitrogen and oxygen atoms in total. The largest absolute Gasteiger partial charge is 0.494 e. The number of para-hydroxylation sites is 1. The number of thiocarbonyl (C=S) groups is 1. The molecule has 2 N–H and O–H groups in total. The number of ether oxygens (including phenoxy) is 1. The first-order valence-electron chi connectivity index (χ1n) is 13.7. The van der Waals surface area contributed by atoms with Gasteiger partial charge in [0.2, 0.25) is 0 Å². The van der Waals surface area contributed by atoms with Crippen molar-refractivity contribution in [1.29, 1.82) is 0 Å². The summed E-state index contributed by atoms with van der Waals surface area (Å²) in [5.74, 6) is 0.952. The van der Waals surface area contributed by atoms with Crippen LogP contribution in [0.5, 0.6) is 5.75 Å². The number of rotatable bonds is 9. The predicted octanol–water partition coefficient (Wildman–Crippen LogP) is 5.66. The monoisotopic (exact) mass is 520 g/mol. The number of hydrogen-bond donors (Lipinski definition) is 2. The average Bonchev–Trinajstić information content (AvgIpc) is 2.93. The lowest BCUT2D eigenvalue weighted by atomic mass is 9.90. The quantitative estimate of drug-likeness (QED) is 0.328. The van der Waals surface area contributed by atoms with Gasteiger partial charge in [0.25, 0.3) is 5.91 Å². The van der Waals surface area contributed by atoms with Gasteiger partial charge >= 0.3 is 0 Å². The van der Waals surface area contributed by atoms with E-state index in [4.69, 9.17) is 21.9 Å². The van der Waals surface area contributed by atoms with Crippen LogP contribution >= 0.6 is 12.2 Å². The van der Waals surface area contributed by atoms with Crippen molar-refractivity contribution in [3.63, 3.8) is 0 Å². The van der Waals surface area contributed by atoms with Crippen LogP contribution in [0.2, 0.25) is 0 Å². The standard InChI is InChI=1S/C30H40N4O2S/c1-3-36-27-12-8-7-11-25(27)21-32-29(35)26-14-13-22(2)33-28(26)24-16-19-34(20-17-24)30(37)31-18-15-23-9-5-4-6-10-23/h7-9,11-14,24H,3-6,10,15-21H2,1-2H3,(H,31,37)(H,32,35). The molecule has 1 aliphatic heterocycles. The molecule has 37 heavy (non-hydrogen) atoms. The summed E-state index contributed by atoms with van der Waals surface area (Å²) in [5, 5.41) is 7.40. The van der Waals surface area contributed by atoms with Gasteiger partial charge in [0.05, 0.1) is 17.9 Å². The number of likely N-dealkylation sites (tertiary alicyclic amines) is 1. The van der Waals surface area contributed by atoms with Crippen molar-refractivity contribution >= 4 is 23.2 Å². The number of allylic oxidation sites excluding steroid dienone is 1. The number of amides is 1. The van der Waals surface area contributed by atoms with Gasteiger partial charge < -0.3 is 20.3 Å². The van der Waals surface area contributed by atoms with E-state index in [1.165, 1.54) is 25.7 Å². The number of aromatic nitrogens is 1. The fourth-order valence-corrected chi connectivity index (χ4v) is 5.51. The summed E-state index contributed by atoms with van der Waals surface area (Å²) in [6, 6.07) is 11.7. The first-order chi connectivity index (χ1) is 18.0. The van der Waals surface area contributed by atoms with E-state index in [1.54, 1.807) is 5.57 Å². The van der Waals surface area contributed by atoms with E-state index in [9.17, 15) is 4.79 Å². The van der Waals surface area contributed by atoms with E-state index in [-0.39, 0.29) is 11.8 Å². The molecule has 4 rings (SSSR count). The second kappa shape index (κ2) is 13.6. The molecule has 2 aromatic rings. The lowest BCUT2D eigenvalue weighted by Crippen LogP contribution is -2.44. The molecule has 2 heterocycles. The smallest absolute Gasteiger partial charge is 0.253 e. The molecular weight excluding hydrogens is 480 g/mol. The normalized spacial score (nSPS) is 16.2. The number of carbonyl (C=O) groups is 1. The molecule has 0 atom stereocenters. The maximum atomic E-state index is 13.2. The Morgan fingerprint density at radius 1 is 1.14 bits per heavy atom. The van der Waals surface area contributed by atoms with Crippen LogP contribution in [0.15, 0.2) is 48.0 Å². The Morgan fingerprint density at radius 3 is 2.70 bits per heavy atom. The summed E-state index contributed by atoms with van der Waals surface area (Å²) in [7, 11) is 0. The number of hydrogen-bond acceptors (Lipinski definition) is 4. The molecule has 7 heteroatoms. The zero-order chi connectivity index (χ0) is 26.0. The minimum Gasteiger partial charge on any atom is -0.494 e. The fourth-order valence-electron chi connectivity index (χ4n) is 5.23. The van der Waals surface area contributed by atoms with Crippen LogP contribution in [0.1, 0.15) is 85.1 Å². The van der Waals surface area contributed by atoms with Crippen molar-refractivity contribution < 1.29 is 9.53 Å². The highest BCUT2D eigenvalue weighted by atomic mass is 32.1. The predicted molar refractivity (Wildman–Crippen MR) is 153 cm³/mol. The molecule has 1 aromatic carbocycles.